The summed E-state index contributed by atoms with van der Waals surface area (Å²) in [6.45, 7) is 0.419. The van der Waals surface area contributed by atoms with Crippen LogP contribution in [-0.4, -0.2) is 25.3 Å². The van der Waals surface area contributed by atoms with Crippen LogP contribution < -0.4 is 10.1 Å². The van der Waals surface area contributed by atoms with Crippen molar-refractivity contribution in [2.75, 3.05) is 11.9 Å². The average Bonchev–Trinajstić information content (AvgIpc) is 2.56. The van der Waals surface area contributed by atoms with E-state index in [-0.39, 0.29) is 12.4 Å². The highest BCUT2D eigenvalue weighted by Gasteiger charge is 2.10. The van der Waals surface area contributed by atoms with Crippen LogP contribution in [0.2, 0.25) is 5.02 Å². The highest BCUT2D eigenvalue weighted by atomic mass is 35.5. The van der Waals surface area contributed by atoms with E-state index in [0.717, 1.165) is 11.1 Å². The number of nitrogens with zero attached hydrogens (tertiary/aromatic N) is 1. The number of para-hydroxylation sites is 1. The lowest BCUT2D eigenvalue weighted by Crippen LogP contribution is -2.18. The summed E-state index contributed by atoms with van der Waals surface area (Å²) >= 11 is 6.12. The summed E-state index contributed by atoms with van der Waals surface area (Å²) in [6.07, 6.45) is 1.19. The van der Waals surface area contributed by atoms with Gasteiger partial charge in [0.1, 0.15) is 5.75 Å². The Labute approximate surface area is 154 Å². The number of alkyl halides is 2. The van der Waals surface area contributed by atoms with Crippen LogP contribution in [0.4, 0.5) is 14.5 Å². The third-order valence-electron chi connectivity index (χ3n) is 3.29. The molecule has 0 radical (unpaired) electrons. The number of carbonyl (C=O) groups excluding carboxylic acids is 1. The largest absolute Gasteiger partial charge is 0.434 e. The summed E-state index contributed by atoms with van der Waals surface area (Å²) in [5.41, 5.74) is 2.61. The van der Waals surface area contributed by atoms with E-state index in [1.165, 1.54) is 18.3 Å². The van der Waals surface area contributed by atoms with Gasteiger partial charge in [-0.15, -0.1) is 0 Å². The molecule has 0 aromatic heterocycles. The number of hydrogen-bond donors (Lipinski definition) is 1. The van der Waals surface area contributed by atoms with Gasteiger partial charge in [-0.3, -0.25) is 4.79 Å². The third kappa shape index (κ3) is 5.70. The Bertz CT molecular complexity index is 790. The van der Waals surface area contributed by atoms with E-state index < -0.39 is 12.5 Å². The van der Waals surface area contributed by atoms with E-state index in [4.69, 9.17) is 16.4 Å². The first kappa shape index (κ1) is 19.7. The van der Waals surface area contributed by atoms with Gasteiger partial charge in [-0.25, -0.2) is 0 Å². The Hall–Kier alpha value is -2.67. The van der Waals surface area contributed by atoms with E-state index >= 15 is 0 Å². The van der Waals surface area contributed by atoms with Gasteiger partial charge >= 0.3 is 6.61 Å². The Kier molecular flexibility index (Phi) is 6.91. The van der Waals surface area contributed by atoms with E-state index in [1.54, 1.807) is 18.2 Å². The van der Waals surface area contributed by atoms with Crippen molar-refractivity contribution in [1.29, 1.82) is 0 Å². The van der Waals surface area contributed by atoms with Crippen LogP contribution in [0, 0.1) is 13.8 Å². The van der Waals surface area contributed by atoms with Crippen LogP contribution in [0.15, 0.2) is 41.6 Å². The predicted molar refractivity (Wildman–Crippen MR) is 96.2 cm³/mol. The molecule has 8 heteroatoms. The summed E-state index contributed by atoms with van der Waals surface area (Å²) < 4.78 is 29.0. The lowest BCUT2D eigenvalue weighted by molar-refractivity contribution is -0.120. The molecule has 0 aliphatic rings. The summed E-state index contributed by atoms with van der Waals surface area (Å²) in [6, 6.07) is 9.72. The van der Waals surface area contributed by atoms with Crippen molar-refractivity contribution in [2.24, 2.45) is 5.16 Å². The Morgan fingerprint density at radius 2 is 2.04 bits per heavy atom. The van der Waals surface area contributed by atoms with Crippen LogP contribution in [0.1, 0.15) is 16.7 Å². The Morgan fingerprint density at radius 3 is 2.73 bits per heavy atom. The van der Waals surface area contributed by atoms with Gasteiger partial charge in [0.05, 0.1) is 16.9 Å². The lowest BCUT2D eigenvalue weighted by Gasteiger charge is -2.11. The van der Waals surface area contributed by atoms with Gasteiger partial charge in [-0.2, -0.15) is 8.78 Å². The van der Waals surface area contributed by atoms with Gasteiger partial charge in [0.25, 0.3) is 5.91 Å². The molecule has 0 aliphatic carbocycles. The minimum Gasteiger partial charge on any atom is -0.434 e. The molecule has 0 unspecified atom stereocenters. The molecule has 2 rings (SSSR count). The summed E-state index contributed by atoms with van der Waals surface area (Å²) in [5.74, 6) is -0.491. The molecular formula is C18H17ClF2N2O3. The quantitative estimate of drug-likeness (QED) is 0.564. The standard InChI is InChI=1S/C18H17ClF2N2O3/c1-11-7-12(2)17(14(19)8-11)23-16(24)10-25-22-9-13-5-3-4-6-15(13)26-18(20)21/h3-9,18H,10H2,1-2H3,(H,23,24)/b22-9+. The molecule has 1 amide bonds. The second kappa shape index (κ2) is 9.15. The molecule has 1 N–H and O–H groups in total. The second-order valence-electron chi connectivity index (χ2n) is 5.41. The first-order chi connectivity index (χ1) is 12.4. The van der Waals surface area contributed by atoms with E-state index in [9.17, 15) is 13.6 Å². The maximum atomic E-state index is 12.3. The molecule has 138 valence electrons. The van der Waals surface area contributed by atoms with Gasteiger partial charge in [0.2, 0.25) is 0 Å². The first-order valence-corrected chi connectivity index (χ1v) is 8.00. The van der Waals surface area contributed by atoms with Gasteiger partial charge < -0.3 is 14.9 Å². The lowest BCUT2D eigenvalue weighted by atomic mass is 10.1. The molecule has 2 aromatic rings. The van der Waals surface area contributed by atoms with Crippen LogP contribution in [-0.2, 0) is 9.63 Å². The number of benzene rings is 2. The molecule has 0 saturated heterocycles. The molecule has 0 aliphatic heterocycles. The number of amides is 1. The monoisotopic (exact) mass is 382 g/mol. The van der Waals surface area contributed by atoms with Crippen molar-refractivity contribution >= 4 is 29.4 Å². The number of rotatable bonds is 7. The fraction of sp³-hybridized carbons (Fsp3) is 0.222. The topological polar surface area (TPSA) is 59.9 Å². The molecule has 0 spiro atoms. The number of nitrogens with one attached hydrogen (secondary N) is 1. The molecule has 26 heavy (non-hydrogen) atoms. The van der Waals surface area contributed by atoms with Crippen LogP contribution >= 0.6 is 11.6 Å². The summed E-state index contributed by atoms with van der Waals surface area (Å²) in [5, 5.41) is 6.68. The molecule has 0 bridgehead atoms. The number of ether oxygens (including phenoxy) is 1. The fourth-order valence-electron chi connectivity index (χ4n) is 2.23. The summed E-state index contributed by atoms with van der Waals surface area (Å²) in [4.78, 5) is 16.8. The second-order valence-corrected chi connectivity index (χ2v) is 5.82. The number of carbonyl (C=O) groups is 1. The van der Waals surface area contributed by atoms with E-state index in [0.29, 0.717) is 16.3 Å². The first-order valence-electron chi connectivity index (χ1n) is 7.62. The molecule has 0 heterocycles. The molecule has 5 nitrogen and oxygen atoms in total. The normalized spacial score (nSPS) is 11.0. The van der Waals surface area contributed by atoms with Crippen LogP contribution in [0.3, 0.4) is 0 Å². The van der Waals surface area contributed by atoms with Gasteiger partial charge in [-0.05, 0) is 43.2 Å². The maximum absolute atomic E-state index is 12.3. The number of aryl methyl sites for hydroxylation is 2. The van der Waals surface area contributed by atoms with Crippen molar-refractivity contribution in [3.63, 3.8) is 0 Å². The molecule has 2 aromatic carbocycles. The Balaban J connectivity index is 1.92. The smallest absolute Gasteiger partial charge is 0.387 e. The number of hydrogen-bond acceptors (Lipinski definition) is 4. The van der Waals surface area contributed by atoms with Crippen molar-refractivity contribution in [1.82, 2.24) is 0 Å². The minimum atomic E-state index is -2.95. The zero-order chi connectivity index (χ0) is 19.1. The van der Waals surface area contributed by atoms with E-state index in [2.05, 4.69) is 15.2 Å². The summed E-state index contributed by atoms with van der Waals surface area (Å²) in [7, 11) is 0. The third-order valence-corrected chi connectivity index (χ3v) is 3.59. The number of halogens is 3. The van der Waals surface area contributed by atoms with Crippen molar-refractivity contribution in [3.05, 3.63) is 58.1 Å². The zero-order valence-electron chi connectivity index (χ0n) is 14.1. The highest BCUT2D eigenvalue weighted by molar-refractivity contribution is 6.34. The minimum absolute atomic E-state index is 0.0404. The average molecular weight is 383 g/mol. The van der Waals surface area contributed by atoms with Gasteiger partial charge in [0.15, 0.2) is 6.61 Å². The molecule has 0 saturated carbocycles. The van der Waals surface area contributed by atoms with Gasteiger partial charge in [0, 0.05) is 5.56 Å². The van der Waals surface area contributed by atoms with Crippen molar-refractivity contribution in [3.8, 4) is 5.75 Å². The van der Waals surface area contributed by atoms with Crippen LogP contribution in [0.5, 0.6) is 5.75 Å². The zero-order valence-corrected chi connectivity index (χ0v) is 14.9. The number of oxime groups is 1. The molecule has 0 atom stereocenters. The van der Waals surface area contributed by atoms with Gasteiger partial charge in [-0.1, -0.05) is 35.0 Å². The van der Waals surface area contributed by atoms with Crippen LogP contribution in [0.25, 0.3) is 0 Å². The number of anilines is 1. The highest BCUT2D eigenvalue weighted by Crippen LogP contribution is 2.27. The van der Waals surface area contributed by atoms with Crippen molar-refractivity contribution in [2.45, 2.75) is 20.5 Å². The van der Waals surface area contributed by atoms with E-state index in [1.807, 2.05) is 19.9 Å². The van der Waals surface area contributed by atoms with Crippen molar-refractivity contribution < 1.29 is 23.1 Å². The predicted octanol–water partition coefficient (Wildman–Crippen LogP) is 4.55. The maximum Gasteiger partial charge on any atom is 0.387 e. The SMILES string of the molecule is Cc1cc(C)c(NC(=O)CO/N=C/c2ccccc2OC(F)F)c(Cl)c1. The Morgan fingerprint density at radius 1 is 1.31 bits per heavy atom. The fourth-order valence-corrected chi connectivity index (χ4v) is 2.60. The molecule has 0 fully saturated rings. The molecular weight excluding hydrogens is 366 g/mol.